The lowest BCUT2D eigenvalue weighted by atomic mass is 10.0. The molecule has 0 aliphatic carbocycles. The molecule has 144 valence electrons. The quantitative estimate of drug-likeness (QED) is 0.666. The van der Waals surface area contributed by atoms with Crippen LogP contribution in [0.3, 0.4) is 0 Å². The first-order valence-corrected chi connectivity index (χ1v) is 9.40. The highest BCUT2D eigenvalue weighted by Gasteiger charge is 2.17. The van der Waals surface area contributed by atoms with Crippen molar-refractivity contribution in [2.45, 2.75) is 32.7 Å². The molecule has 1 atom stereocenters. The fourth-order valence-corrected chi connectivity index (χ4v) is 3.21. The molecule has 0 saturated heterocycles. The fraction of sp³-hybridized carbons (Fsp3) is 0.238. The molecule has 3 rings (SSSR count). The van der Waals surface area contributed by atoms with Gasteiger partial charge in [0, 0.05) is 34.2 Å². The zero-order valence-electron chi connectivity index (χ0n) is 15.7. The van der Waals surface area contributed by atoms with E-state index in [1.807, 2.05) is 31.2 Å². The molecule has 2 heterocycles. The first-order valence-electron chi connectivity index (χ1n) is 9.03. The fourth-order valence-electron chi connectivity index (χ4n) is 3.01. The molecule has 28 heavy (non-hydrogen) atoms. The number of aromatic nitrogens is 3. The van der Waals surface area contributed by atoms with E-state index in [-0.39, 0.29) is 23.9 Å². The molecule has 0 bridgehead atoms. The van der Waals surface area contributed by atoms with Crippen molar-refractivity contribution in [3.63, 3.8) is 0 Å². The number of aryl methyl sites for hydroxylation is 1. The van der Waals surface area contributed by atoms with Gasteiger partial charge in [-0.3, -0.25) is 14.6 Å². The predicted molar refractivity (Wildman–Crippen MR) is 109 cm³/mol. The topological polar surface area (TPSA) is 87.7 Å². The molecule has 0 fully saturated rings. The molecule has 0 spiro atoms. The van der Waals surface area contributed by atoms with Gasteiger partial charge in [0.2, 0.25) is 5.91 Å². The summed E-state index contributed by atoms with van der Waals surface area (Å²) in [5, 5.41) is 3.59. The van der Waals surface area contributed by atoms with Crippen LogP contribution in [0.1, 0.15) is 36.2 Å². The Morgan fingerprint density at radius 1 is 1.29 bits per heavy atom. The number of halogens is 1. The lowest BCUT2D eigenvalue weighted by Crippen LogP contribution is -2.32. The van der Waals surface area contributed by atoms with Crippen molar-refractivity contribution in [1.29, 1.82) is 0 Å². The Labute approximate surface area is 168 Å². The largest absolute Gasteiger partial charge is 0.349 e. The van der Waals surface area contributed by atoms with E-state index in [1.165, 1.54) is 0 Å². The van der Waals surface area contributed by atoms with Gasteiger partial charge < -0.3 is 10.3 Å². The van der Waals surface area contributed by atoms with Crippen molar-refractivity contribution in [3.8, 4) is 11.4 Å². The maximum atomic E-state index is 12.6. The number of pyridine rings is 1. The van der Waals surface area contributed by atoms with Crippen molar-refractivity contribution in [2.75, 3.05) is 0 Å². The van der Waals surface area contributed by atoms with E-state index in [0.29, 0.717) is 34.1 Å². The number of rotatable bonds is 6. The molecule has 0 radical (unpaired) electrons. The number of nitrogens with one attached hydrogen (secondary N) is 2. The molecule has 1 amide bonds. The van der Waals surface area contributed by atoms with Gasteiger partial charge in [0.05, 0.1) is 12.5 Å². The Hall–Kier alpha value is -2.99. The van der Waals surface area contributed by atoms with E-state index in [9.17, 15) is 9.59 Å². The number of hydrogen-bond donors (Lipinski definition) is 2. The number of H-pyrrole nitrogens is 1. The van der Waals surface area contributed by atoms with Crippen LogP contribution in [0.25, 0.3) is 11.4 Å². The van der Waals surface area contributed by atoms with Crippen LogP contribution in [0, 0.1) is 6.92 Å². The highest BCUT2D eigenvalue weighted by Crippen LogP contribution is 2.20. The Kier molecular flexibility index (Phi) is 6.21. The Morgan fingerprint density at radius 3 is 2.75 bits per heavy atom. The molecule has 3 aromatic rings. The molecule has 7 heteroatoms. The first-order chi connectivity index (χ1) is 13.5. The monoisotopic (exact) mass is 396 g/mol. The summed E-state index contributed by atoms with van der Waals surface area (Å²) >= 11 is 6.05. The van der Waals surface area contributed by atoms with Crippen LogP contribution < -0.4 is 10.9 Å². The van der Waals surface area contributed by atoms with E-state index in [4.69, 9.17) is 11.6 Å². The number of carbonyl (C=O) groups is 1. The maximum Gasteiger partial charge on any atom is 0.255 e. The van der Waals surface area contributed by atoms with E-state index in [2.05, 4.69) is 20.3 Å². The van der Waals surface area contributed by atoms with E-state index >= 15 is 0 Å². The SMILES string of the molecule is CCC(NC(=O)Cc1c(C)nc(-c2cccnc2)[nH]c1=O)c1cccc(Cl)c1. The number of benzene rings is 1. The summed E-state index contributed by atoms with van der Waals surface area (Å²) in [4.78, 5) is 36.3. The van der Waals surface area contributed by atoms with Crippen LogP contribution in [0.2, 0.25) is 5.02 Å². The smallest absolute Gasteiger partial charge is 0.255 e. The summed E-state index contributed by atoms with van der Waals surface area (Å²) in [7, 11) is 0. The van der Waals surface area contributed by atoms with Gasteiger partial charge in [-0.1, -0.05) is 30.7 Å². The minimum Gasteiger partial charge on any atom is -0.349 e. The predicted octanol–water partition coefficient (Wildman–Crippen LogP) is 3.60. The number of carbonyl (C=O) groups excluding carboxylic acids is 1. The third kappa shape index (κ3) is 4.64. The van der Waals surface area contributed by atoms with E-state index in [1.54, 1.807) is 31.5 Å². The van der Waals surface area contributed by atoms with Gasteiger partial charge in [0.15, 0.2) is 0 Å². The second-order valence-electron chi connectivity index (χ2n) is 6.48. The summed E-state index contributed by atoms with van der Waals surface area (Å²) in [6.45, 7) is 3.71. The van der Waals surface area contributed by atoms with Crippen LogP contribution in [-0.2, 0) is 11.2 Å². The summed E-state index contributed by atoms with van der Waals surface area (Å²) in [6.07, 6.45) is 3.94. The van der Waals surface area contributed by atoms with Crippen molar-refractivity contribution in [1.82, 2.24) is 20.3 Å². The molecule has 1 aromatic carbocycles. The van der Waals surface area contributed by atoms with Crippen LogP contribution in [0.5, 0.6) is 0 Å². The van der Waals surface area contributed by atoms with Crippen molar-refractivity contribution in [2.24, 2.45) is 0 Å². The summed E-state index contributed by atoms with van der Waals surface area (Å²) in [6, 6.07) is 10.8. The van der Waals surface area contributed by atoms with Gasteiger partial charge >= 0.3 is 0 Å². The zero-order chi connectivity index (χ0) is 20.1. The van der Waals surface area contributed by atoms with Gasteiger partial charge in [-0.15, -0.1) is 0 Å². The summed E-state index contributed by atoms with van der Waals surface area (Å²) in [5.41, 5.74) is 2.20. The molecular formula is C21H21ClN4O2. The number of nitrogens with zero attached hydrogens (tertiary/aromatic N) is 2. The van der Waals surface area contributed by atoms with Crippen LogP contribution in [-0.4, -0.2) is 20.9 Å². The van der Waals surface area contributed by atoms with Crippen LogP contribution >= 0.6 is 11.6 Å². The highest BCUT2D eigenvalue weighted by atomic mass is 35.5. The average Bonchev–Trinajstić information content (AvgIpc) is 2.69. The molecule has 2 aromatic heterocycles. The molecule has 6 nitrogen and oxygen atoms in total. The van der Waals surface area contributed by atoms with Gasteiger partial charge in [0.25, 0.3) is 5.56 Å². The number of amides is 1. The van der Waals surface area contributed by atoms with Gasteiger partial charge in [-0.05, 0) is 43.2 Å². The average molecular weight is 397 g/mol. The summed E-state index contributed by atoms with van der Waals surface area (Å²) in [5.74, 6) is 0.196. The van der Waals surface area contributed by atoms with Gasteiger partial charge in [-0.25, -0.2) is 4.98 Å². The standard InChI is InChI=1S/C21H21ClN4O2/c1-3-18(14-6-4-8-16(22)10-14)25-19(27)11-17-13(2)24-20(26-21(17)28)15-7-5-9-23-12-15/h4-10,12,18H,3,11H2,1-2H3,(H,25,27)(H,24,26,28). The number of hydrogen-bond acceptors (Lipinski definition) is 4. The Morgan fingerprint density at radius 2 is 2.11 bits per heavy atom. The minimum absolute atomic E-state index is 0.0431. The Balaban J connectivity index is 1.77. The van der Waals surface area contributed by atoms with Crippen LogP contribution in [0.4, 0.5) is 0 Å². The normalized spacial score (nSPS) is 11.8. The number of aromatic amines is 1. The van der Waals surface area contributed by atoms with E-state index in [0.717, 1.165) is 5.56 Å². The molecule has 0 aliphatic heterocycles. The van der Waals surface area contributed by atoms with E-state index < -0.39 is 0 Å². The van der Waals surface area contributed by atoms with Gasteiger partial charge in [-0.2, -0.15) is 0 Å². The maximum absolute atomic E-state index is 12.6. The second kappa shape index (κ2) is 8.80. The second-order valence-corrected chi connectivity index (χ2v) is 6.92. The van der Waals surface area contributed by atoms with Crippen LogP contribution in [0.15, 0.2) is 53.6 Å². The third-order valence-electron chi connectivity index (χ3n) is 4.49. The molecular weight excluding hydrogens is 376 g/mol. The summed E-state index contributed by atoms with van der Waals surface area (Å²) < 4.78 is 0. The molecule has 0 aliphatic rings. The molecule has 0 saturated carbocycles. The van der Waals surface area contributed by atoms with Crippen molar-refractivity contribution < 1.29 is 4.79 Å². The lowest BCUT2D eigenvalue weighted by molar-refractivity contribution is -0.121. The Bertz CT molecular complexity index is 1030. The zero-order valence-corrected chi connectivity index (χ0v) is 16.5. The van der Waals surface area contributed by atoms with Crippen molar-refractivity contribution >= 4 is 17.5 Å². The molecule has 1 unspecified atom stereocenters. The van der Waals surface area contributed by atoms with Crippen molar-refractivity contribution in [3.05, 3.63) is 81.0 Å². The highest BCUT2D eigenvalue weighted by molar-refractivity contribution is 6.30. The first kappa shape index (κ1) is 19.8. The molecule has 2 N–H and O–H groups in total. The lowest BCUT2D eigenvalue weighted by Gasteiger charge is -2.18. The minimum atomic E-state index is -0.322. The van der Waals surface area contributed by atoms with Gasteiger partial charge in [0.1, 0.15) is 5.82 Å². The third-order valence-corrected chi connectivity index (χ3v) is 4.72.